The molecule has 0 heterocycles. The smallest absolute Gasteiger partial charge is 0.322 e. The van der Waals surface area contributed by atoms with Gasteiger partial charge in [-0.1, -0.05) is 308 Å². The lowest BCUT2D eigenvalue weighted by Gasteiger charge is -2.33. The molecule has 10 nitrogen and oxygen atoms in total. The van der Waals surface area contributed by atoms with Gasteiger partial charge in [0.05, 0.1) is 51.6 Å². The zero-order valence-electron chi connectivity index (χ0n) is 55.4. The molecule has 0 radical (unpaired) electrons. The Labute approximate surface area is 524 Å². The van der Waals surface area contributed by atoms with E-state index in [-0.39, 0.29) is 28.4 Å². The van der Waals surface area contributed by atoms with Crippen molar-refractivity contribution in [3.05, 3.63) is 99.6 Å². The maximum absolute atomic E-state index is 13.9. The van der Waals surface area contributed by atoms with Crippen LogP contribution < -0.4 is 28.4 Å². The van der Waals surface area contributed by atoms with Gasteiger partial charge in [0.25, 0.3) is 0 Å². The summed E-state index contributed by atoms with van der Waals surface area (Å²) in [7, 11) is 4.30. The minimum atomic E-state index is -2.14. The molecular weight excluding hydrogens is 1070 g/mol. The number of hydrogen-bond donors (Lipinski definition) is 1. The van der Waals surface area contributed by atoms with Crippen molar-refractivity contribution in [3.8, 4) is 45.6 Å². The van der Waals surface area contributed by atoms with Crippen molar-refractivity contribution in [1.82, 2.24) is 0 Å². The number of unbranched alkanes of at least 4 members (excludes halogenated alkanes) is 39. The maximum atomic E-state index is 13.9. The number of benzene rings is 4. The molecule has 0 spiro atoms. The van der Waals surface area contributed by atoms with Crippen LogP contribution in [-0.2, 0) is 5.60 Å². The third kappa shape index (κ3) is 27.6. The molecule has 0 saturated heterocycles. The Bertz CT molecular complexity index is 2220. The van der Waals surface area contributed by atoms with Gasteiger partial charge in [0.2, 0.25) is 11.5 Å². The fourth-order valence-corrected chi connectivity index (χ4v) is 12.3. The third-order valence-electron chi connectivity index (χ3n) is 17.5. The molecule has 0 aliphatic rings. The highest BCUT2D eigenvalue weighted by atomic mass is 16.6. The van der Waals surface area contributed by atoms with E-state index < -0.39 is 16.2 Å². The van der Waals surface area contributed by atoms with Gasteiger partial charge in [-0.3, -0.25) is 10.1 Å². The van der Waals surface area contributed by atoms with Crippen LogP contribution in [0.15, 0.2) is 72.8 Å². The van der Waals surface area contributed by atoms with Crippen molar-refractivity contribution in [1.29, 1.82) is 0 Å². The number of nitrogens with zero attached hydrogens (tertiary/aromatic N) is 1. The van der Waals surface area contributed by atoms with Gasteiger partial charge in [0, 0.05) is 5.56 Å². The first-order valence-corrected chi connectivity index (χ1v) is 35.2. The van der Waals surface area contributed by atoms with E-state index in [0.29, 0.717) is 53.8 Å². The Kier molecular flexibility index (Phi) is 40.3. The summed E-state index contributed by atoms with van der Waals surface area (Å²) >= 11 is 0. The standard InChI is InChI=1S/C76H121NO9/c1-7-10-13-16-19-22-25-28-31-34-37-40-43-46-61-84-67-55-49-64(50-56-67)70-71(72(77(79)80)74(82-5)75(83-6)73(70)81-4)76(78,65-51-57-68(58-52-65)85-62-47-44-41-38-35-32-29-26-23-20-17-14-11-8-2)66-53-59-69(60-54-66)86-63-48-45-42-39-36-33-30-27-24-21-18-15-12-9-3/h49-60,78H,7-48,61-63H2,1-6H3. The number of nitro groups is 1. The zero-order valence-corrected chi connectivity index (χ0v) is 55.4. The highest BCUT2D eigenvalue weighted by molar-refractivity contribution is 5.88. The largest absolute Gasteiger partial charge is 0.494 e. The van der Waals surface area contributed by atoms with Crippen molar-refractivity contribution < 1.29 is 38.5 Å². The van der Waals surface area contributed by atoms with Crippen LogP contribution >= 0.6 is 0 Å². The van der Waals surface area contributed by atoms with E-state index in [1.54, 1.807) is 24.3 Å². The highest BCUT2D eigenvalue weighted by Gasteiger charge is 2.47. The highest BCUT2D eigenvalue weighted by Crippen LogP contribution is 2.58. The number of hydrogen-bond acceptors (Lipinski definition) is 9. The number of nitro benzene ring substituents is 1. The first-order chi connectivity index (χ1) is 42.3. The van der Waals surface area contributed by atoms with Crippen LogP contribution in [0.4, 0.5) is 5.69 Å². The molecule has 0 aliphatic heterocycles. The number of methoxy groups -OCH3 is 3. The lowest BCUT2D eigenvalue weighted by molar-refractivity contribution is -0.387. The van der Waals surface area contributed by atoms with Gasteiger partial charge in [-0.15, -0.1) is 0 Å². The van der Waals surface area contributed by atoms with Gasteiger partial charge in [-0.25, -0.2) is 0 Å². The van der Waals surface area contributed by atoms with Gasteiger partial charge >= 0.3 is 5.69 Å². The van der Waals surface area contributed by atoms with E-state index in [2.05, 4.69) is 20.8 Å². The molecule has 0 amide bonds. The molecule has 10 heteroatoms. The molecule has 4 aromatic carbocycles. The van der Waals surface area contributed by atoms with Gasteiger partial charge in [0.15, 0.2) is 5.75 Å². The monoisotopic (exact) mass is 1190 g/mol. The van der Waals surface area contributed by atoms with Crippen molar-refractivity contribution in [2.24, 2.45) is 0 Å². The Hall–Kier alpha value is -4.96. The second kappa shape index (κ2) is 47.1. The summed E-state index contributed by atoms with van der Waals surface area (Å²) in [5.74, 6) is 2.05. The summed E-state index contributed by atoms with van der Waals surface area (Å²) in [4.78, 5) is 13.2. The molecule has 0 unspecified atom stereocenters. The van der Waals surface area contributed by atoms with Gasteiger partial charge in [-0.2, -0.15) is 0 Å². The molecule has 0 aromatic heterocycles. The zero-order chi connectivity index (χ0) is 61.6. The van der Waals surface area contributed by atoms with Crippen LogP contribution in [0, 0.1) is 10.1 Å². The second-order valence-corrected chi connectivity index (χ2v) is 24.6. The Morgan fingerprint density at radius 1 is 0.349 bits per heavy atom. The van der Waals surface area contributed by atoms with E-state index in [4.69, 9.17) is 28.4 Å². The predicted octanol–water partition coefficient (Wildman–Crippen LogP) is 23.2. The molecule has 1 N–H and O–H groups in total. The molecule has 4 rings (SSSR count). The molecule has 0 aliphatic carbocycles. The summed E-state index contributed by atoms with van der Waals surface area (Å²) in [5, 5.41) is 27.7. The fourth-order valence-electron chi connectivity index (χ4n) is 12.3. The number of ether oxygens (including phenoxy) is 6. The summed E-state index contributed by atoms with van der Waals surface area (Å²) in [6.07, 6.45) is 54.1. The van der Waals surface area contributed by atoms with Crippen LogP contribution in [-0.4, -0.2) is 51.2 Å². The first-order valence-electron chi connectivity index (χ1n) is 35.2. The van der Waals surface area contributed by atoms with E-state index in [9.17, 15) is 15.2 Å². The van der Waals surface area contributed by atoms with Crippen LogP contribution in [0.25, 0.3) is 11.1 Å². The average molecular weight is 1190 g/mol. The Morgan fingerprint density at radius 3 is 0.837 bits per heavy atom. The minimum Gasteiger partial charge on any atom is -0.494 e. The normalized spacial score (nSPS) is 11.5. The van der Waals surface area contributed by atoms with Crippen LogP contribution in [0.1, 0.15) is 307 Å². The lowest BCUT2D eigenvalue weighted by Crippen LogP contribution is -2.31. The molecule has 0 fully saturated rings. The van der Waals surface area contributed by atoms with E-state index in [1.165, 1.54) is 252 Å². The minimum absolute atomic E-state index is 0.0276. The lowest BCUT2D eigenvalue weighted by atomic mass is 9.75. The van der Waals surface area contributed by atoms with Gasteiger partial charge in [0.1, 0.15) is 22.8 Å². The molecular formula is C76H121NO9. The summed E-state index contributed by atoms with van der Waals surface area (Å²) < 4.78 is 36.8. The van der Waals surface area contributed by atoms with Crippen LogP contribution in [0.5, 0.6) is 34.5 Å². The average Bonchev–Trinajstić information content (AvgIpc) is 1.31. The van der Waals surface area contributed by atoms with E-state index in [0.717, 1.165) is 38.5 Å². The molecule has 484 valence electrons. The summed E-state index contributed by atoms with van der Waals surface area (Å²) in [6.45, 7) is 8.56. The van der Waals surface area contributed by atoms with Gasteiger partial charge < -0.3 is 33.5 Å². The van der Waals surface area contributed by atoms with E-state index >= 15 is 0 Å². The van der Waals surface area contributed by atoms with Crippen molar-refractivity contribution in [2.45, 2.75) is 296 Å². The Balaban J connectivity index is 1.50. The maximum Gasteiger partial charge on any atom is 0.322 e. The van der Waals surface area contributed by atoms with Crippen LogP contribution in [0.2, 0.25) is 0 Å². The molecule has 4 aromatic rings. The molecule has 0 saturated carbocycles. The topological polar surface area (TPSA) is 119 Å². The van der Waals surface area contributed by atoms with E-state index in [1.807, 2.05) is 48.5 Å². The number of aliphatic hydroxyl groups is 1. The van der Waals surface area contributed by atoms with Crippen molar-refractivity contribution in [3.63, 3.8) is 0 Å². The van der Waals surface area contributed by atoms with Crippen LogP contribution in [0.3, 0.4) is 0 Å². The quantitative estimate of drug-likeness (QED) is 0.0199. The summed E-state index contributed by atoms with van der Waals surface area (Å²) in [5.41, 5.74) is -0.988. The number of rotatable bonds is 56. The summed E-state index contributed by atoms with van der Waals surface area (Å²) in [6, 6.07) is 22.0. The molecule has 0 bridgehead atoms. The first kappa shape index (κ1) is 73.5. The second-order valence-electron chi connectivity index (χ2n) is 24.6. The fraction of sp³-hybridized carbons (Fsp3) is 0.684. The third-order valence-corrected chi connectivity index (χ3v) is 17.5. The Morgan fingerprint density at radius 2 is 0.593 bits per heavy atom. The van der Waals surface area contributed by atoms with Gasteiger partial charge in [-0.05, 0) is 72.4 Å². The van der Waals surface area contributed by atoms with Crippen molar-refractivity contribution >= 4 is 5.69 Å². The predicted molar refractivity (Wildman–Crippen MR) is 361 cm³/mol. The SMILES string of the molecule is CCCCCCCCCCCCCCCCOc1ccc(-c2c(OC)c(OC)c(OC)c([N+](=O)[O-])c2C(O)(c2ccc(OCCCCCCCCCCCCCCCC)cc2)c2ccc(OCCCCCCCCCCCCCCCC)cc2)cc1. The molecule has 86 heavy (non-hydrogen) atoms. The van der Waals surface area contributed by atoms with Crippen molar-refractivity contribution in [2.75, 3.05) is 41.2 Å². The molecule has 0 atom stereocenters.